The summed E-state index contributed by atoms with van der Waals surface area (Å²) in [4.78, 5) is 10.0. The summed E-state index contributed by atoms with van der Waals surface area (Å²) in [5.74, 6) is -1.07. The maximum atomic E-state index is 10.0. The van der Waals surface area contributed by atoms with Crippen molar-refractivity contribution in [1.29, 1.82) is 0 Å². The lowest BCUT2D eigenvalue weighted by atomic mass is 10.3. The first-order valence-electron chi connectivity index (χ1n) is 3.36. The average Bonchev–Trinajstić information content (AvgIpc) is 2.05. The number of anilines is 1. The fourth-order valence-electron chi connectivity index (χ4n) is 0.675. The minimum Gasteiger partial charge on any atom is -0.477 e. The van der Waals surface area contributed by atoms with Gasteiger partial charge in [0.25, 0.3) is 0 Å². The third-order valence-corrected chi connectivity index (χ3v) is 1.14. The molecule has 0 aliphatic heterocycles. The normalized spacial score (nSPS) is 10.0. The second-order valence-corrected chi connectivity index (χ2v) is 2.07. The molecule has 4 nitrogen and oxygen atoms in total. The summed E-state index contributed by atoms with van der Waals surface area (Å²) in [5, 5.41) is 11.7. The van der Waals surface area contributed by atoms with E-state index in [0.717, 1.165) is 11.9 Å². The van der Waals surface area contributed by atoms with Crippen LogP contribution in [0, 0.1) is 0 Å². The second kappa shape index (κ2) is 4.12. The van der Waals surface area contributed by atoms with E-state index in [0.29, 0.717) is 0 Å². The first-order valence-corrected chi connectivity index (χ1v) is 3.36. The van der Waals surface area contributed by atoms with E-state index in [2.05, 4.69) is 10.5 Å². The molecule has 12 heavy (non-hydrogen) atoms. The van der Waals surface area contributed by atoms with E-state index < -0.39 is 5.97 Å². The zero-order chi connectivity index (χ0) is 8.81. The van der Waals surface area contributed by atoms with Crippen molar-refractivity contribution >= 4 is 17.9 Å². The number of carboxylic acids is 1. The molecule has 0 saturated heterocycles. The van der Waals surface area contributed by atoms with E-state index in [1.165, 1.54) is 0 Å². The van der Waals surface area contributed by atoms with Crippen LogP contribution >= 0.6 is 0 Å². The first kappa shape index (κ1) is 8.26. The highest BCUT2D eigenvalue weighted by atomic mass is 16.4. The largest absolute Gasteiger partial charge is 0.477 e. The summed E-state index contributed by atoms with van der Waals surface area (Å²) in [6.07, 6.45) is 0.799. The summed E-state index contributed by atoms with van der Waals surface area (Å²) < 4.78 is 0. The number of aliphatic carboxylic acids is 1. The number of hydrogen-bond donors (Lipinski definition) is 2. The molecule has 0 unspecified atom stereocenters. The maximum absolute atomic E-state index is 10.0. The van der Waals surface area contributed by atoms with Crippen LogP contribution < -0.4 is 5.43 Å². The van der Waals surface area contributed by atoms with Crippen molar-refractivity contribution < 1.29 is 9.90 Å². The molecular weight excluding hydrogens is 156 g/mol. The maximum Gasteiger partial charge on any atom is 0.348 e. The SMILES string of the molecule is O=C(O)C=NNc1ccccc1. The Morgan fingerprint density at radius 3 is 2.67 bits per heavy atom. The van der Waals surface area contributed by atoms with Crippen molar-refractivity contribution in [2.24, 2.45) is 5.10 Å². The average molecular weight is 164 g/mol. The fourth-order valence-corrected chi connectivity index (χ4v) is 0.675. The van der Waals surface area contributed by atoms with Gasteiger partial charge in [0.2, 0.25) is 0 Å². The zero-order valence-corrected chi connectivity index (χ0v) is 6.27. The molecule has 0 radical (unpaired) electrons. The van der Waals surface area contributed by atoms with Crippen LogP contribution in [0.25, 0.3) is 0 Å². The van der Waals surface area contributed by atoms with Crippen molar-refractivity contribution in [3.63, 3.8) is 0 Å². The molecule has 0 aromatic heterocycles. The van der Waals surface area contributed by atoms with Crippen LogP contribution in [0.2, 0.25) is 0 Å². The van der Waals surface area contributed by atoms with E-state index in [-0.39, 0.29) is 0 Å². The van der Waals surface area contributed by atoms with E-state index in [1.54, 1.807) is 12.1 Å². The Balaban J connectivity index is 2.49. The predicted molar refractivity (Wildman–Crippen MR) is 46.2 cm³/mol. The third kappa shape index (κ3) is 2.83. The monoisotopic (exact) mass is 164 g/mol. The number of hydrazone groups is 1. The number of nitrogens with one attached hydrogen (secondary N) is 1. The molecule has 0 aliphatic rings. The Morgan fingerprint density at radius 1 is 1.42 bits per heavy atom. The molecule has 62 valence electrons. The molecule has 1 aromatic rings. The Bertz CT molecular complexity index is 282. The third-order valence-electron chi connectivity index (χ3n) is 1.14. The summed E-state index contributed by atoms with van der Waals surface area (Å²) in [6, 6.07) is 9.11. The standard InChI is InChI=1S/C8H8N2O2/c11-8(12)6-9-10-7-4-2-1-3-5-7/h1-6,10H,(H,11,12). The van der Waals surface area contributed by atoms with Crippen LogP contribution in [0.5, 0.6) is 0 Å². The number of carbonyl (C=O) groups is 1. The Labute approximate surface area is 69.5 Å². The molecule has 1 rings (SSSR count). The van der Waals surface area contributed by atoms with Gasteiger partial charge in [0.15, 0.2) is 0 Å². The molecule has 0 amide bonds. The highest BCUT2D eigenvalue weighted by Gasteiger charge is 1.86. The summed E-state index contributed by atoms with van der Waals surface area (Å²) in [7, 11) is 0. The van der Waals surface area contributed by atoms with E-state index >= 15 is 0 Å². The van der Waals surface area contributed by atoms with Gasteiger partial charge in [-0.05, 0) is 12.1 Å². The van der Waals surface area contributed by atoms with Crippen molar-refractivity contribution in [2.75, 3.05) is 5.43 Å². The number of nitrogens with zero attached hydrogens (tertiary/aromatic N) is 1. The molecular formula is C8H8N2O2. The van der Waals surface area contributed by atoms with Gasteiger partial charge >= 0.3 is 5.97 Å². The van der Waals surface area contributed by atoms with Gasteiger partial charge in [-0.15, -0.1) is 0 Å². The van der Waals surface area contributed by atoms with Gasteiger partial charge in [0, 0.05) is 0 Å². The molecule has 0 aliphatic carbocycles. The fraction of sp³-hybridized carbons (Fsp3) is 0. The lowest BCUT2D eigenvalue weighted by Gasteiger charge is -1.96. The topological polar surface area (TPSA) is 61.7 Å². The molecule has 0 heterocycles. The Hall–Kier alpha value is -1.84. The van der Waals surface area contributed by atoms with Gasteiger partial charge in [-0.25, -0.2) is 4.79 Å². The van der Waals surface area contributed by atoms with Gasteiger partial charge in [0.05, 0.1) is 5.69 Å². The Morgan fingerprint density at radius 2 is 2.08 bits per heavy atom. The van der Waals surface area contributed by atoms with Crippen molar-refractivity contribution in [1.82, 2.24) is 0 Å². The van der Waals surface area contributed by atoms with Gasteiger partial charge in [0.1, 0.15) is 6.21 Å². The summed E-state index contributed by atoms with van der Waals surface area (Å²) >= 11 is 0. The smallest absolute Gasteiger partial charge is 0.348 e. The quantitative estimate of drug-likeness (QED) is 0.520. The first-order chi connectivity index (χ1) is 5.79. The molecule has 0 fully saturated rings. The van der Waals surface area contributed by atoms with Gasteiger partial charge < -0.3 is 5.11 Å². The highest BCUT2D eigenvalue weighted by Crippen LogP contribution is 2.03. The molecule has 4 heteroatoms. The Kier molecular flexibility index (Phi) is 2.84. The van der Waals surface area contributed by atoms with Crippen LogP contribution in [0.1, 0.15) is 0 Å². The van der Waals surface area contributed by atoms with E-state index in [1.807, 2.05) is 18.2 Å². The summed E-state index contributed by atoms with van der Waals surface area (Å²) in [5.41, 5.74) is 3.32. The second-order valence-electron chi connectivity index (χ2n) is 2.07. The number of para-hydroxylation sites is 1. The van der Waals surface area contributed by atoms with Crippen LogP contribution in [0.3, 0.4) is 0 Å². The highest BCUT2D eigenvalue weighted by molar-refractivity contribution is 6.22. The number of benzene rings is 1. The number of hydrogen-bond acceptors (Lipinski definition) is 3. The molecule has 0 atom stereocenters. The van der Waals surface area contributed by atoms with Gasteiger partial charge in [-0.2, -0.15) is 5.10 Å². The van der Waals surface area contributed by atoms with Gasteiger partial charge in [-0.1, -0.05) is 18.2 Å². The predicted octanol–water partition coefficient (Wildman–Crippen LogP) is 1.17. The van der Waals surface area contributed by atoms with Crippen molar-refractivity contribution in [3.05, 3.63) is 30.3 Å². The minimum absolute atomic E-state index is 0.759. The lowest BCUT2D eigenvalue weighted by Crippen LogP contribution is -1.98. The molecule has 1 aromatic carbocycles. The van der Waals surface area contributed by atoms with Crippen molar-refractivity contribution in [2.45, 2.75) is 0 Å². The zero-order valence-electron chi connectivity index (χ0n) is 6.27. The van der Waals surface area contributed by atoms with Gasteiger partial charge in [-0.3, -0.25) is 5.43 Å². The number of carboxylic acid groups (broad SMARTS) is 1. The molecule has 0 spiro atoms. The van der Waals surface area contributed by atoms with Crippen LogP contribution in [0.4, 0.5) is 5.69 Å². The van der Waals surface area contributed by atoms with E-state index in [4.69, 9.17) is 5.11 Å². The summed E-state index contributed by atoms with van der Waals surface area (Å²) in [6.45, 7) is 0. The molecule has 0 saturated carbocycles. The van der Waals surface area contributed by atoms with Crippen LogP contribution in [-0.4, -0.2) is 17.3 Å². The van der Waals surface area contributed by atoms with Crippen LogP contribution in [-0.2, 0) is 4.79 Å². The number of rotatable bonds is 3. The lowest BCUT2D eigenvalue weighted by molar-refractivity contribution is -0.128. The van der Waals surface area contributed by atoms with E-state index in [9.17, 15) is 4.79 Å². The molecule has 2 N–H and O–H groups in total. The minimum atomic E-state index is -1.07. The van der Waals surface area contributed by atoms with Crippen LogP contribution in [0.15, 0.2) is 35.4 Å². The molecule has 0 bridgehead atoms. The van der Waals surface area contributed by atoms with Crippen molar-refractivity contribution in [3.8, 4) is 0 Å².